The summed E-state index contributed by atoms with van der Waals surface area (Å²) in [5.41, 5.74) is 5.89. The number of nitrogens with zero attached hydrogens (tertiary/aromatic N) is 1. The molecule has 0 atom stereocenters. The number of anilines is 3. The van der Waals surface area contributed by atoms with E-state index in [1.807, 2.05) is 11.3 Å². The van der Waals surface area contributed by atoms with Crippen molar-refractivity contribution in [2.45, 2.75) is 0 Å². The number of fused-ring (bicyclic) bond motifs is 3. The second-order valence-corrected chi connectivity index (χ2v) is 10.0. The van der Waals surface area contributed by atoms with Gasteiger partial charge < -0.3 is 4.90 Å². The smallest absolute Gasteiger partial charge is 0.0468 e. The van der Waals surface area contributed by atoms with Crippen LogP contribution in [-0.2, 0) is 0 Å². The highest BCUT2D eigenvalue weighted by Gasteiger charge is 2.15. The zero-order valence-electron chi connectivity index (χ0n) is 17.8. The van der Waals surface area contributed by atoms with Crippen LogP contribution in [0.4, 0.5) is 17.1 Å². The lowest BCUT2D eigenvalue weighted by Crippen LogP contribution is -2.09. The Balaban J connectivity index is 1.49. The Hall–Kier alpha value is -3.40. The molecule has 0 bridgehead atoms. The molecule has 0 aliphatic heterocycles. The topological polar surface area (TPSA) is 3.24 Å². The monoisotopic (exact) mass is 505 g/mol. The van der Waals surface area contributed by atoms with Crippen molar-refractivity contribution in [2.75, 3.05) is 4.90 Å². The van der Waals surface area contributed by atoms with Crippen molar-refractivity contribution in [3.05, 3.63) is 126 Å². The molecule has 0 N–H and O–H groups in total. The summed E-state index contributed by atoms with van der Waals surface area (Å²) in [6.07, 6.45) is 0. The molecule has 3 heteroatoms. The minimum absolute atomic E-state index is 1.12. The molecule has 0 amide bonds. The molecule has 0 saturated carbocycles. The Morgan fingerprint density at radius 1 is 0.485 bits per heavy atom. The summed E-state index contributed by atoms with van der Waals surface area (Å²) in [6.45, 7) is 0. The van der Waals surface area contributed by atoms with Gasteiger partial charge in [-0.05, 0) is 65.7 Å². The van der Waals surface area contributed by atoms with Crippen molar-refractivity contribution in [3.8, 4) is 11.1 Å². The molecule has 1 nitrogen and oxygen atoms in total. The van der Waals surface area contributed by atoms with Crippen LogP contribution < -0.4 is 4.90 Å². The summed E-state index contributed by atoms with van der Waals surface area (Å²) in [5.74, 6) is 0. The van der Waals surface area contributed by atoms with E-state index >= 15 is 0 Å². The van der Waals surface area contributed by atoms with Crippen LogP contribution in [0.5, 0.6) is 0 Å². The fourth-order valence-corrected chi connectivity index (χ4v) is 5.97. The van der Waals surface area contributed by atoms with Crippen molar-refractivity contribution in [1.82, 2.24) is 0 Å². The molecule has 0 spiro atoms. The van der Waals surface area contributed by atoms with Crippen LogP contribution in [0.25, 0.3) is 31.3 Å². The second kappa shape index (κ2) is 8.51. The SMILES string of the molecule is Brc1ccc2c(c1)sc1ccc(N(c3ccccc3)c3ccc(-c4ccccc4)cc3)cc12. The molecular formula is C30H20BrNS. The second-order valence-electron chi connectivity index (χ2n) is 8.01. The van der Waals surface area contributed by atoms with Gasteiger partial charge in [0, 0.05) is 41.7 Å². The average molecular weight is 506 g/mol. The van der Waals surface area contributed by atoms with E-state index in [2.05, 4.69) is 142 Å². The molecule has 33 heavy (non-hydrogen) atoms. The van der Waals surface area contributed by atoms with E-state index in [0.29, 0.717) is 0 Å². The van der Waals surface area contributed by atoms with Crippen molar-refractivity contribution in [3.63, 3.8) is 0 Å². The maximum Gasteiger partial charge on any atom is 0.0468 e. The molecule has 6 rings (SSSR count). The lowest BCUT2D eigenvalue weighted by Gasteiger charge is -2.25. The highest BCUT2D eigenvalue weighted by molar-refractivity contribution is 9.10. The van der Waals surface area contributed by atoms with Crippen LogP contribution in [0.1, 0.15) is 0 Å². The van der Waals surface area contributed by atoms with Crippen molar-refractivity contribution >= 4 is 64.5 Å². The minimum Gasteiger partial charge on any atom is -0.310 e. The summed E-state index contributed by atoms with van der Waals surface area (Å²) < 4.78 is 3.72. The van der Waals surface area contributed by atoms with Crippen LogP contribution in [-0.4, -0.2) is 0 Å². The van der Waals surface area contributed by atoms with E-state index in [1.165, 1.54) is 31.3 Å². The van der Waals surface area contributed by atoms with E-state index in [0.717, 1.165) is 21.5 Å². The predicted molar refractivity (Wildman–Crippen MR) is 147 cm³/mol. The first-order valence-corrected chi connectivity index (χ1v) is 12.5. The fourth-order valence-electron chi connectivity index (χ4n) is 4.34. The molecule has 0 saturated heterocycles. The van der Waals surface area contributed by atoms with Gasteiger partial charge in [0.2, 0.25) is 0 Å². The lowest BCUT2D eigenvalue weighted by molar-refractivity contribution is 1.29. The zero-order chi connectivity index (χ0) is 22.2. The molecule has 0 radical (unpaired) electrons. The van der Waals surface area contributed by atoms with E-state index in [4.69, 9.17) is 0 Å². The largest absolute Gasteiger partial charge is 0.310 e. The van der Waals surface area contributed by atoms with E-state index in [9.17, 15) is 0 Å². The number of benzene rings is 5. The minimum atomic E-state index is 1.12. The number of para-hydroxylation sites is 1. The number of hydrogen-bond donors (Lipinski definition) is 0. The third-order valence-electron chi connectivity index (χ3n) is 5.92. The normalized spacial score (nSPS) is 11.2. The third kappa shape index (κ3) is 3.84. The zero-order valence-corrected chi connectivity index (χ0v) is 20.2. The van der Waals surface area contributed by atoms with E-state index in [1.54, 1.807) is 0 Å². The summed E-state index contributed by atoms with van der Waals surface area (Å²) in [4.78, 5) is 2.33. The molecule has 1 aromatic heterocycles. The molecule has 1 heterocycles. The third-order valence-corrected chi connectivity index (χ3v) is 7.55. The van der Waals surface area contributed by atoms with Crippen LogP contribution in [0, 0.1) is 0 Å². The molecule has 5 aromatic carbocycles. The first-order chi connectivity index (χ1) is 16.3. The number of halogens is 1. The van der Waals surface area contributed by atoms with Gasteiger partial charge in [0.05, 0.1) is 0 Å². The molecule has 0 unspecified atom stereocenters. The van der Waals surface area contributed by atoms with Gasteiger partial charge in [-0.15, -0.1) is 11.3 Å². The standard InChI is InChI=1S/C30H20BrNS/c31-23-13-17-27-28-20-26(16-18-29(28)33-30(27)19-23)32(24-9-5-2-6-10-24)25-14-11-22(12-15-25)21-7-3-1-4-8-21/h1-20H. The van der Waals surface area contributed by atoms with Gasteiger partial charge >= 0.3 is 0 Å². The highest BCUT2D eigenvalue weighted by atomic mass is 79.9. The van der Waals surface area contributed by atoms with Gasteiger partial charge in [0.25, 0.3) is 0 Å². The quantitative estimate of drug-likeness (QED) is 0.230. The molecule has 0 fully saturated rings. The summed E-state index contributed by atoms with van der Waals surface area (Å²) >= 11 is 5.45. The van der Waals surface area contributed by atoms with Gasteiger partial charge in [-0.2, -0.15) is 0 Å². The van der Waals surface area contributed by atoms with Crippen LogP contribution in [0.2, 0.25) is 0 Å². The Bertz CT molecular complexity index is 1550. The van der Waals surface area contributed by atoms with Crippen molar-refractivity contribution < 1.29 is 0 Å². The Kier molecular flexibility index (Phi) is 5.21. The average Bonchev–Trinajstić information content (AvgIpc) is 3.23. The molecule has 0 aliphatic rings. The predicted octanol–water partition coefficient (Wildman–Crippen LogP) is 9.95. The summed E-state index contributed by atoms with van der Waals surface area (Å²) in [6, 6.07) is 43.3. The van der Waals surface area contributed by atoms with Gasteiger partial charge in [-0.3, -0.25) is 0 Å². The first-order valence-electron chi connectivity index (χ1n) is 10.9. The molecule has 158 valence electrons. The van der Waals surface area contributed by atoms with Crippen LogP contribution >= 0.6 is 27.3 Å². The van der Waals surface area contributed by atoms with Gasteiger partial charge in [-0.1, -0.05) is 82.7 Å². The number of rotatable bonds is 4. The Morgan fingerprint density at radius 2 is 1.12 bits per heavy atom. The summed E-state index contributed by atoms with van der Waals surface area (Å²) in [7, 11) is 0. The van der Waals surface area contributed by atoms with Crippen LogP contribution in [0.15, 0.2) is 126 Å². The summed E-state index contributed by atoms with van der Waals surface area (Å²) in [5, 5.41) is 2.59. The first kappa shape index (κ1) is 20.2. The van der Waals surface area contributed by atoms with E-state index in [-0.39, 0.29) is 0 Å². The number of hydrogen-bond acceptors (Lipinski definition) is 2. The maximum atomic E-state index is 3.61. The van der Waals surface area contributed by atoms with Gasteiger partial charge in [0.1, 0.15) is 0 Å². The maximum absolute atomic E-state index is 3.61. The van der Waals surface area contributed by atoms with E-state index < -0.39 is 0 Å². The van der Waals surface area contributed by atoms with Crippen molar-refractivity contribution in [1.29, 1.82) is 0 Å². The van der Waals surface area contributed by atoms with Gasteiger partial charge in [0.15, 0.2) is 0 Å². The Morgan fingerprint density at radius 3 is 1.88 bits per heavy atom. The lowest BCUT2D eigenvalue weighted by atomic mass is 10.0. The van der Waals surface area contributed by atoms with Crippen molar-refractivity contribution in [2.24, 2.45) is 0 Å². The number of thiophene rings is 1. The Labute approximate surface area is 205 Å². The van der Waals surface area contributed by atoms with Crippen LogP contribution in [0.3, 0.4) is 0 Å². The molecule has 0 aliphatic carbocycles. The molecule has 6 aromatic rings. The van der Waals surface area contributed by atoms with Gasteiger partial charge in [-0.25, -0.2) is 0 Å². The fraction of sp³-hybridized carbons (Fsp3) is 0. The molecular weight excluding hydrogens is 486 g/mol. The highest BCUT2D eigenvalue weighted by Crippen LogP contribution is 2.41.